The molecule has 3 aliphatic heterocycles. The number of hydrogen-bond donors (Lipinski definition) is 4. The second kappa shape index (κ2) is 10.0. The van der Waals surface area contributed by atoms with E-state index >= 15 is 0 Å². The van der Waals surface area contributed by atoms with Gasteiger partial charge in [-0.15, -0.1) is 0 Å². The molecule has 226 valence electrons. The number of ether oxygens (including phenoxy) is 2. The van der Waals surface area contributed by atoms with Crippen molar-refractivity contribution in [3.8, 4) is 0 Å². The van der Waals surface area contributed by atoms with Crippen LogP contribution in [-0.2, 0) is 9.47 Å². The number of allylic oxidation sites excluding steroid dienone is 1. The zero-order valence-electron chi connectivity index (χ0n) is 25.0. The monoisotopic (exact) mass is 559 g/mol. The molecule has 3 saturated carbocycles. The fourth-order valence-corrected chi connectivity index (χ4v) is 11.9. The van der Waals surface area contributed by atoms with Crippen molar-refractivity contribution in [1.29, 1.82) is 0 Å². The summed E-state index contributed by atoms with van der Waals surface area (Å²) in [4.78, 5) is 2.98. The summed E-state index contributed by atoms with van der Waals surface area (Å²) in [6.45, 7) is 11.1. The van der Waals surface area contributed by atoms with E-state index in [1.54, 1.807) is 0 Å². The molecule has 0 bridgehead atoms. The lowest BCUT2D eigenvalue weighted by Gasteiger charge is -2.58. The first-order valence-electron chi connectivity index (χ1n) is 16.5. The number of hydrogen-bond acceptors (Lipinski definition) is 7. The fourth-order valence-electron chi connectivity index (χ4n) is 11.9. The first kappa shape index (κ1) is 28.2. The van der Waals surface area contributed by atoms with E-state index in [1.807, 2.05) is 0 Å². The summed E-state index contributed by atoms with van der Waals surface area (Å²) in [6, 6.07) is 1.60. The Bertz CT molecular complexity index is 1000. The third-order valence-electron chi connectivity index (χ3n) is 13.8. The van der Waals surface area contributed by atoms with Crippen LogP contribution in [-0.4, -0.2) is 87.4 Å². The molecule has 0 amide bonds. The molecule has 0 aromatic heterocycles. The average molecular weight is 560 g/mol. The first-order valence-corrected chi connectivity index (χ1v) is 16.5. The lowest BCUT2D eigenvalue weighted by molar-refractivity contribution is -0.313. The van der Waals surface area contributed by atoms with Crippen LogP contribution in [0.15, 0.2) is 11.6 Å². The molecule has 3 saturated heterocycles. The SMILES string of the molecule is C[C@H]1CC[C@@H]2[C@@H](C)[C@H]3[C@H](C[C@H]4[C@@H]5CC=C6C[C@@H](O[C@H]7O[C@@H](CO)[C@@H](O)[C@@H](O)[C@@H]7O)CC[C@]6(C)[C@H]5CC[C@]34C)N2C1. The van der Waals surface area contributed by atoms with Crippen molar-refractivity contribution in [2.75, 3.05) is 13.2 Å². The molecule has 40 heavy (non-hydrogen) atoms. The Labute approximate surface area is 240 Å². The number of aliphatic hydroxyl groups excluding tert-OH is 4. The van der Waals surface area contributed by atoms with Crippen molar-refractivity contribution in [2.24, 2.45) is 46.3 Å². The molecule has 7 aliphatic rings. The van der Waals surface area contributed by atoms with Gasteiger partial charge in [-0.3, -0.25) is 4.90 Å². The largest absolute Gasteiger partial charge is 0.394 e. The van der Waals surface area contributed by atoms with E-state index in [1.165, 1.54) is 50.6 Å². The fraction of sp³-hybridized carbons (Fsp3) is 0.939. The van der Waals surface area contributed by atoms with Crippen LogP contribution >= 0.6 is 0 Å². The standard InChI is InChI=1S/C33H53NO6/c1-17-5-8-24-18(2)27-25(34(24)15-17)14-23-21-7-6-19-13-20(9-11-32(19,3)22(21)10-12-33(23,27)4)39-31-30(38)29(37)28(36)26(16-35)40-31/h6,17-18,20-31,35-38H,5,7-16H2,1-4H3/t17-,18+,20-,21+,22-,23-,24+,25-,26-,27-,28+,29+,30-,31-,32-,33-/m0/s1. The summed E-state index contributed by atoms with van der Waals surface area (Å²) < 4.78 is 11.9. The van der Waals surface area contributed by atoms with Crippen LogP contribution in [0, 0.1) is 46.3 Å². The van der Waals surface area contributed by atoms with Gasteiger partial charge in [0.2, 0.25) is 0 Å². The van der Waals surface area contributed by atoms with Crippen molar-refractivity contribution in [3.63, 3.8) is 0 Å². The van der Waals surface area contributed by atoms with E-state index in [0.29, 0.717) is 5.41 Å². The maximum Gasteiger partial charge on any atom is 0.186 e. The van der Waals surface area contributed by atoms with E-state index in [2.05, 4.69) is 38.7 Å². The number of rotatable bonds is 3. The Balaban J connectivity index is 1.07. The summed E-state index contributed by atoms with van der Waals surface area (Å²) >= 11 is 0. The molecule has 6 fully saturated rings. The molecule has 7 heteroatoms. The Morgan fingerprint density at radius 1 is 0.975 bits per heavy atom. The van der Waals surface area contributed by atoms with Gasteiger partial charge < -0.3 is 29.9 Å². The van der Waals surface area contributed by atoms with Crippen LogP contribution in [0.3, 0.4) is 0 Å². The van der Waals surface area contributed by atoms with Gasteiger partial charge in [0, 0.05) is 18.6 Å². The summed E-state index contributed by atoms with van der Waals surface area (Å²) in [6.07, 6.45) is 7.27. The van der Waals surface area contributed by atoms with Crippen molar-refractivity contribution in [1.82, 2.24) is 4.90 Å². The molecule has 7 rings (SSSR count). The zero-order chi connectivity index (χ0) is 28.1. The van der Waals surface area contributed by atoms with Crippen LogP contribution < -0.4 is 0 Å². The van der Waals surface area contributed by atoms with Crippen molar-refractivity contribution in [3.05, 3.63) is 11.6 Å². The molecule has 3 heterocycles. The predicted octanol–water partition coefficient (Wildman–Crippen LogP) is 3.48. The maximum absolute atomic E-state index is 10.5. The van der Waals surface area contributed by atoms with E-state index < -0.39 is 37.3 Å². The van der Waals surface area contributed by atoms with Crippen LogP contribution in [0.2, 0.25) is 0 Å². The Hall–Kier alpha value is -0.540. The van der Waals surface area contributed by atoms with Gasteiger partial charge in [0.05, 0.1) is 12.7 Å². The van der Waals surface area contributed by atoms with Crippen molar-refractivity contribution < 1.29 is 29.9 Å². The Kier molecular flexibility index (Phi) is 7.06. The van der Waals surface area contributed by atoms with Gasteiger partial charge in [0.25, 0.3) is 0 Å². The van der Waals surface area contributed by atoms with Crippen LogP contribution in [0.5, 0.6) is 0 Å². The zero-order valence-corrected chi connectivity index (χ0v) is 25.0. The molecular weight excluding hydrogens is 506 g/mol. The molecule has 0 spiro atoms. The minimum Gasteiger partial charge on any atom is -0.394 e. The Morgan fingerprint density at radius 3 is 2.55 bits per heavy atom. The lowest BCUT2D eigenvalue weighted by Crippen LogP contribution is -2.60. The molecule has 0 unspecified atom stereocenters. The normalized spacial score (nSPS) is 57.9. The van der Waals surface area contributed by atoms with Gasteiger partial charge in [-0.25, -0.2) is 0 Å². The van der Waals surface area contributed by atoms with Gasteiger partial charge >= 0.3 is 0 Å². The molecule has 0 aromatic rings. The molecular formula is C33H53NO6. The summed E-state index contributed by atoms with van der Waals surface area (Å²) in [7, 11) is 0. The smallest absolute Gasteiger partial charge is 0.186 e. The van der Waals surface area contributed by atoms with E-state index in [9.17, 15) is 20.4 Å². The second-order valence-corrected chi connectivity index (χ2v) is 15.6. The highest BCUT2D eigenvalue weighted by atomic mass is 16.7. The predicted molar refractivity (Wildman–Crippen MR) is 151 cm³/mol. The van der Waals surface area contributed by atoms with E-state index in [-0.39, 0.29) is 11.5 Å². The van der Waals surface area contributed by atoms with Crippen molar-refractivity contribution in [2.45, 2.75) is 134 Å². The van der Waals surface area contributed by atoms with Gasteiger partial charge in [-0.2, -0.15) is 0 Å². The highest BCUT2D eigenvalue weighted by molar-refractivity contribution is 5.27. The molecule has 4 aliphatic carbocycles. The molecule has 0 radical (unpaired) electrons. The number of nitrogens with zero attached hydrogens (tertiary/aromatic N) is 1. The van der Waals surface area contributed by atoms with Gasteiger partial charge in [0.1, 0.15) is 24.4 Å². The highest BCUT2D eigenvalue weighted by Gasteiger charge is 2.66. The molecule has 0 aromatic carbocycles. The van der Waals surface area contributed by atoms with Crippen molar-refractivity contribution >= 4 is 0 Å². The molecule has 7 nitrogen and oxygen atoms in total. The number of piperidine rings is 1. The van der Waals surface area contributed by atoms with Gasteiger partial charge in [-0.1, -0.05) is 39.3 Å². The topological polar surface area (TPSA) is 103 Å². The van der Waals surface area contributed by atoms with Crippen LogP contribution in [0.25, 0.3) is 0 Å². The highest BCUT2D eigenvalue weighted by Crippen LogP contribution is 2.70. The quantitative estimate of drug-likeness (QED) is 0.393. The number of fused-ring (bicyclic) bond motifs is 9. The van der Waals surface area contributed by atoms with Gasteiger partial charge in [0.15, 0.2) is 6.29 Å². The van der Waals surface area contributed by atoms with Crippen LogP contribution in [0.4, 0.5) is 0 Å². The summed E-state index contributed by atoms with van der Waals surface area (Å²) in [5.74, 6) is 4.83. The molecule has 4 N–H and O–H groups in total. The van der Waals surface area contributed by atoms with E-state index in [4.69, 9.17) is 9.47 Å². The average Bonchev–Trinajstić information content (AvgIpc) is 3.40. The summed E-state index contributed by atoms with van der Waals surface area (Å²) in [5.41, 5.74) is 2.18. The minimum absolute atomic E-state index is 0.101. The van der Waals surface area contributed by atoms with Crippen LogP contribution in [0.1, 0.15) is 85.5 Å². The Morgan fingerprint density at radius 2 is 1.77 bits per heavy atom. The third kappa shape index (κ3) is 4.01. The summed E-state index contributed by atoms with van der Waals surface area (Å²) in [5, 5.41) is 40.4. The lowest BCUT2D eigenvalue weighted by atomic mass is 9.47. The molecule has 16 atom stereocenters. The number of aliphatic hydroxyl groups is 4. The maximum atomic E-state index is 10.5. The minimum atomic E-state index is -1.40. The van der Waals surface area contributed by atoms with E-state index in [0.717, 1.165) is 66.9 Å². The third-order valence-corrected chi connectivity index (χ3v) is 13.8. The second-order valence-electron chi connectivity index (χ2n) is 15.6. The van der Waals surface area contributed by atoms with Gasteiger partial charge in [-0.05, 0) is 104 Å². The first-order chi connectivity index (χ1) is 19.1.